The molecule has 3 heterocycles. The molecule has 1 fully saturated rings. The minimum absolute atomic E-state index is 0.0826. The number of aromatic nitrogens is 4. The highest BCUT2D eigenvalue weighted by molar-refractivity contribution is 5.82. The molecule has 11 heteroatoms. The molecule has 0 spiro atoms. The van der Waals surface area contributed by atoms with Gasteiger partial charge in [-0.2, -0.15) is 0 Å². The Labute approximate surface area is 165 Å². The number of benzene rings is 1. The molecule has 1 aliphatic rings. The lowest BCUT2D eigenvalue weighted by atomic mass is 10.1. The summed E-state index contributed by atoms with van der Waals surface area (Å²) in [5.41, 5.74) is 1.45. The van der Waals surface area contributed by atoms with Crippen molar-refractivity contribution in [3.8, 4) is 11.5 Å². The summed E-state index contributed by atoms with van der Waals surface area (Å²) in [6.07, 6.45) is -1.55. The first-order valence-electron chi connectivity index (χ1n) is 8.93. The summed E-state index contributed by atoms with van der Waals surface area (Å²) in [6.45, 7) is -0.142. The molecule has 0 amide bonds. The van der Waals surface area contributed by atoms with Gasteiger partial charge < -0.3 is 35.2 Å². The van der Waals surface area contributed by atoms with Crippen LogP contribution < -0.4 is 10.1 Å². The Balaban J connectivity index is 1.58. The van der Waals surface area contributed by atoms with Gasteiger partial charge in [0.1, 0.15) is 36.1 Å². The topological polar surface area (TPSA) is 155 Å². The fourth-order valence-corrected chi connectivity index (χ4v) is 3.28. The van der Waals surface area contributed by atoms with Crippen LogP contribution in [-0.4, -0.2) is 72.0 Å². The van der Waals surface area contributed by atoms with E-state index in [-0.39, 0.29) is 12.3 Å². The molecule has 29 heavy (non-hydrogen) atoms. The van der Waals surface area contributed by atoms with E-state index in [0.717, 1.165) is 0 Å². The number of phenolic OH excluding ortho intramolecular Hbond substituents is 1. The van der Waals surface area contributed by atoms with Crippen LogP contribution in [0.3, 0.4) is 0 Å². The van der Waals surface area contributed by atoms with Crippen molar-refractivity contribution >= 4 is 17.0 Å². The maximum Gasteiger partial charge on any atom is 0.167 e. The van der Waals surface area contributed by atoms with Crippen molar-refractivity contribution in [3.05, 3.63) is 36.4 Å². The number of fused-ring (bicyclic) bond motifs is 1. The van der Waals surface area contributed by atoms with Gasteiger partial charge in [-0.25, -0.2) is 15.0 Å². The van der Waals surface area contributed by atoms with Gasteiger partial charge in [-0.15, -0.1) is 0 Å². The molecule has 3 aromatic rings. The summed E-state index contributed by atoms with van der Waals surface area (Å²) in [6, 6.07) is 4.99. The second-order valence-electron chi connectivity index (χ2n) is 6.62. The molecule has 1 aliphatic heterocycles. The molecule has 11 nitrogen and oxygen atoms in total. The Bertz CT molecular complexity index is 1010. The smallest absolute Gasteiger partial charge is 0.167 e. The molecule has 154 valence electrons. The number of anilines is 1. The van der Waals surface area contributed by atoms with Crippen molar-refractivity contribution in [2.45, 2.75) is 31.1 Å². The quantitative estimate of drug-likeness (QED) is 0.372. The lowest BCUT2D eigenvalue weighted by Crippen LogP contribution is -2.33. The minimum atomic E-state index is -1.24. The zero-order chi connectivity index (χ0) is 20.5. The van der Waals surface area contributed by atoms with Crippen LogP contribution in [0.15, 0.2) is 30.9 Å². The first-order valence-corrected chi connectivity index (χ1v) is 8.93. The van der Waals surface area contributed by atoms with E-state index in [0.29, 0.717) is 28.3 Å². The van der Waals surface area contributed by atoms with Crippen molar-refractivity contribution in [1.29, 1.82) is 0 Å². The fraction of sp³-hybridized carbons (Fsp3) is 0.389. The van der Waals surface area contributed by atoms with Crippen molar-refractivity contribution in [2.75, 3.05) is 19.0 Å². The zero-order valence-corrected chi connectivity index (χ0v) is 15.5. The summed E-state index contributed by atoms with van der Waals surface area (Å²) in [5, 5.41) is 42.7. The van der Waals surface area contributed by atoms with E-state index in [1.807, 2.05) is 0 Å². The summed E-state index contributed by atoms with van der Waals surface area (Å²) in [7, 11) is 1.52. The van der Waals surface area contributed by atoms with Crippen LogP contribution >= 0.6 is 0 Å². The van der Waals surface area contributed by atoms with Gasteiger partial charge in [0.05, 0.1) is 20.0 Å². The highest BCUT2D eigenvalue weighted by Crippen LogP contribution is 2.32. The van der Waals surface area contributed by atoms with Crippen LogP contribution in [0.2, 0.25) is 0 Å². The SMILES string of the molecule is COc1ccc(CNc2ncnc3c2ncn3[C@@H]2O[C@H](CO)[C@@H](O)[C@H]2O)c(O)c1. The highest BCUT2D eigenvalue weighted by atomic mass is 16.6. The van der Waals surface area contributed by atoms with Crippen LogP contribution in [0.25, 0.3) is 11.2 Å². The molecule has 0 aliphatic carbocycles. The standard InChI is InChI=1S/C18H21N5O6/c1-28-10-3-2-9(11(25)4-10)5-19-16-13-17(21-7-20-16)23(8-22-13)18-15(27)14(26)12(6-24)29-18/h2-4,7-8,12,14-15,18,24-27H,5-6H2,1H3,(H,19,20,21)/t12-,14-,15-,18-/m1/s1. The van der Waals surface area contributed by atoms with Gasteiger partial charge in [0.25, 0.3) is 0 Å². The van der Waals surface area contributed by atoms with E-state index in [1.165, 1.54) is 30.4 Å². The van der Waals surface area contributed by atoms with Gasteiger partial charge in [0.2, 0.25) is 0 Å². The highest BCUT2D eigenvalue weighted by Gasteiger charge is 2.44. The normalized spacial score (nSPS) is 24.1. The number of aromatic hydroxyl groups is 1. The number of hydrogen-bond donors (Lipinski definition) is 5. The summed E-state index contributed by atoms with van der Waals surface area (Å²) >= 11 is 0. The average Bonchev–Trinajstić information content (AvgIpc) is 3.28. The average molecular weight is 403 g/mol. The van der Waals surface area contributed by atoms with Gasteiger partial charge in [-0.3, -0.25) is 4.57 Å². The number of ether oxygens (including phenoxy) is 2. The number of phenols is 1. The van der Waals surface area contributed by atoms with Crippen molar-refractivity contribution < 1.29 is 29.9 Å². The lowest BCUT2D eigenvalue weighted by molar-refractivity contribution is -0.0511. The number of imidazole rings is 1. The molecular formula is C18H21N5O6. The van der Waals surface area contributed by atoms with Gasteiger partial charge in [-0.1, -0.05) is 0 Å². The van der Waals surface area contributed by atoms with Crippen LogP contribution in [0.5, 0.6) is 11.5 Å². The molecule has 2 aromatic heterocycles. The zero-order valence-electron chi connectivity index (χ0n) is 15.5. The molecule has 4 atom stereocenters. The van der Waals surface area contributed by atoms with Crippen LogP contribution in [0, 0.1) is 0 Å². The predicted octanol–water partition coefficient (Wildman–Crippen LogP) is -0.236. The summed E-state index contributed by atoms with van der Waals surface area (Å²) in [5.74, 6) is 1.06. The Morgan fingerprint density at radius 3 is 2.72 bits per heavy atom. The van der Waals surface area contributed by atoms with E-state index in [4.69, 9.17) is 9.47 Å². The second-order valence-corrected chi connectivity index (χ2v) is 6.62. The number of aliphatic hydroxyl groups excluding tert-OH is 3. The third-order valence-electron chi connectivity index (χ3n) is 4.89. The molecule has 4 rings (SSSR count). The van der Waals surface area contributed by atoms with Crippen molar-refractivity contribution in [2.24, 2.45) is 0 Å². The molecule has 1 saturated heterocycles. The second kappa shape index (κ2) is 7.79. The van der Waals surface area contributed by atoms with Gasteiger partial charge in [-0.05, 0) is 12.1 Å². The van der Waals surface area contributed by atoms with Crippen LogP contribution in [0.1, 0.15) is 11.8 Å². The maximum absolute atomic E-state index is 10.3. The molecule has 5 N–H and O–H groups in total. The number of aliphatic hydroxyl groups is 3. The summed E-state index contributed by atoms with van der Waals surface area (Å²) < 4.78 is 12.1. The number of rotatable bonds is 6. The third kappa shape index (κ3) is 3.44. The largest absolute Gasteiger partial charge is 0.507 e. The van der Waals surface area contributed by atoms with E-state index in [2.05, 4.69) is 20.3 Å². The first kappa shape index (κ1) is 19.3. The van der Waals surface area contributed by atoms with E-state index in [9.17, 15) is 20.4 Å². The maximum atomic E-state index is 10.3. The number of nitrogens with one attached hydrogen (secondary N) is 1. The monoisotopic (exact) mass is 403 g/mol. The van der Waals surface area contributed by atoms with Crippen LogP contribution in [-0.2, 0) is 11.3 Å². The van der Waals surface area contributed by atoms with Crippen molar-refractivity contribution in [3.63, 3.8) is 0 Å². The van der Waals surface area contributed by atoms with Gasteiger partial charge in [0, 0.05) is 18.2 Å². The first-order chi connectivity index (χ1) is 14.0. The Morgan fingerprint density at radius 1 is 1.21 bits per heavy atom. The van der Waals surface area contributed by atoms with Crippen LogP contribution in [0.4, 0.5) is 5.82 Å². The van der Waals surface area contributed by atoms with Crippen molar-refractivity contribution in [1.82, 2.24) is 19.5 Å². The molecule has 0 bridgehead atoms. The predicted molar refractivity (Wildman–Crippen MR) is 100 cm³/mol. The third-order valence-corrected chi connectivity index (χ3v) is 4.89. The number of hydrogen-bond acceptors (Lipinski definition) is 10. The number of methoxy groups -OCH3 is 1. The minimum Gasteiger partial charge on any atom is -0.507 e. The van der Waals surface area contributed by atoms with E-state index in [1.54, 1.807) is 12.1 Å². The van der Waals surface area contributed by atoms with E-state index < -0.39 is 31.1 Å². The molecule has 0 radical (unpaired) electrons. The Kier molecular flexibility index (Phi) is 5.20. The van der Waals surface area contributed by atoms with Gasteiger partial charge in [0.15, 0.2) is 23.2 Å². The molecule has 0 unspecified atom stereocenters. The number of nitrogens with zero attached hydrogens (tertiary/aromatic N) is 4. The van der Waals surface area contributed by atoms with E-state index >= 15 is 0 Å². The Morgan fingerprint density at radius 2 is 2.03 bits per heavy atom. The lowest BCUT2D eigenvalue weighted by Gasteiger charge is -2.16. The molecule has 1 aromatic carbocycles. The molecular weight excluding hydrogens is 382 g/mol. The molecule has 0 saturated carbocycles. The fourth-order valence-electron chi connectivity index (χ4n) is 3.28. The summed E-state index contributed by atoms with van der Waals surface area (Å²) in [4.78, 5) is 12.7. The van der Waals surface area contributed by atoms with Gasteiger partial charge >= 0.3 is 0 Å². The Hall–Kier alpha value is -2.99.